The molecule has 0 amide bonds. The lowest BCUT2D eigenvalue weighted by Crippen LogP contribution is -2.35. The van der Waals surface area contributed by atoms with Gasteiger partial charge in [-0.05, 0) is 31.0 Å². The van der Waals surface area contributed by atoms with Gasteiger partial charge in [0.05, 0.1) is 12.1 Å². The highest BCUT2D eigenvalue weighted by Crippen LogP contribution is 2.34. The van der Waals surface area contributed by atoms with Crippen molar-refractivity contribution < 1.29 is 9.47 Å². The molecule has 0 aliphatic rings. The molecule has 0 fully saturated rings. The Morgan fingerprint density at radius 1 is 0.952 bits per heavy atom. The zero-order chi connectivity index (χ0) is 15.3. The van der Waals surface area contributed by atoms with E-state index in [9.17, 15) is 0 Å². The van der Waals surface area contributed by atoms with E-state index in [1.54, 1.807) is 7.11 Å². The lowest BCUT2D eigenvalue weighted by molar-refractivity contribution is 0.145. The molecule has 0 saturated carbocycles. The van der Waals surface area contributed by atoms with E-state index in [1.165, 1.54) is 5.56 Å². The summed E-state index contributed by atoms with van der Waals surface area (Å²) in [5, 5.41) is 0. The first-order chi connectivity index (χ1) is 10.1. The van der Waals surface area contributed by atoms with Gasteiger partial charge in [0.25, 0.3) is 0 Å². The second-order valence-electron chi connectivity index (χ2n) is 5.35. The van der Waals surface area contributed by atoms with Crippen LogP contribution in [0.15, 0.2) is 48.5 Å². The molecule has 2 aromatic rings. The van der Waals surface area contributed by atoms with Gasteiger partial charge >= 0.3 is 0 Å². The average molecular weight is 285 g/mol. The molecule has 1 atom stereocenters. The van der Waals surface area contributed by atoms with Crippen LogP contribution in [0.25, 0.3) is 0 Å². The fourth-order valence-electron chi connectivity index (χ4n) is 2.56. The molecular weight excluding hydrogens is 262 g/mol. The molecule has 3 nitrogen and oxygen atoms in total. The predicted octanol–water partition coefficient (Wildman–Crippen LogP) is 3.24. The Morgan fingerprint density at radius 2 is 1.57 bits per heavy atom. The van der Waals surface area contributed by atoms with Crippen molar-refractivity contribution in [3.63, 3.8) is 0 Å². The summed E-state index contributed by atoms with van der Waals surface area (Å²) in [6, 6.07) is 16.1. The lowest BCUT2D eigenvalue weighted by atomic mass is 9.83. The smallest absolute Gasteiger partial charge is 0.124 e. The van der Waals surface area contributed by atoms with Gasteiger partial charge in [0.15, 0.2) is 0 Å². The van der Waals surface area contributed by atoms with E-state index in [-0.39, 0.29) is 0 Å². The summed E-state index contributed by atoms with van der Waals surface area (Å²) in [5.41, 5.74) is 9.31. The number of nitrogens with two attached hydrogens (primary N) is 1. The molecule has 0 heterocycles. The van der Waals surface area contributed by atoms with E-state index in [0.717, 1.165) is 16.9 Å². The third-order valence-corrected chi connectivity index (χ3v) is 3.70. The summed E-state index contributed by atoms with van der Waals surface area (Å²) in [5.74, 6) is 0.808. The monoisotopic (exact) mass is 285 g/mol. The van der Waals surface area contributed by atoms with Gasteiger partial charge < -0.3 is 15.2 Å². The zero-order valence-electron chi connectivity index (χ0n) is 12.9. The van der Waals surface area contributed by atoms with Crippen LogP contribution < -0.4 is 10.5 Å². The van der Waals surface area contributed by atoms with E-state index in [1.807, 2.05) is 43.3 Å². The summed E-state index contributed by atoms with van der Waals surface area (Å²) in [6.45, 7) is 5.17. The normalized spacial score (nSPS) is 13.7. The Morgan fingerprint density at radius 3 is 2.24 bits per heavy atom. The summed E-state index contributed by atoms with van der Waals surface area (Å²) in [7, 11) is 1.66. The first-order valence-electron chi connectivity index (χ1n) is 7.13. The van der Waals surface area contributed by atoms with Gasteiger partial charge in [-0.25, -0.2) is 0 Å². The van der Waals surface area contributed by atoms with Crippen LogP contribution in [0.3, 0.4) is 0 Å². The first-order valence-corrected chi connectivity index (χ1v) is 7.13. The number of ether oxygens (including phenoxy) is 2. The minimum atomic E-state index is -0.602. The number of aryl methyl sites for hydroxylation is 1. The molecule has 21 heavy (non-hydrogen) atoms. The number of benzene rings is 2. The van der Waals surface area contributed by atoms with Crippen LogP contribution in [0.1, 0.15) is 23.6 Å². The van der Waals surface area contributed by atoms with Crippen LogP contribution in [0.2, 0.25) is 0 Å². The van der Waals surface area contributed by atoms with Crippen molar-refractivity contribution in [1.29, 1.82) is 0 Å². The fraction of sp³-hybridized carbons (Fsp3) is 0.333. The van der Waals surface area contributed by atoms with Crippen molar-refractivity contribution in [2.45, 2.75) is 19.4 Å². The first kappa shape index (κ1) is 15.5. The van der Waals surface area contributed by atoms with Crippen LogP contribution in [0, 0.1) is 6.92 Å². The topological polar surface area (TPSA) is 44.5 Å². The molecule has 3 heteroatoms. The number of methoxy groups -OCH3 is 1. The van der Waals surface area contributed by atoms with Crippen LogP contribution in [0.4, 0.5) is 0 Å². The van der Waals surface area contributed by atoms with E-state index in [2.05, 4.69) is 19.1 Å². The van der Waals surface area contributed by atoms with Gasteiger partial charge in [-0.15, -0.1) is 0 Å². The van der Waals surface area contributed by atoms with Crippen molar-refractivity contribution in [2.24, 2.45) is 5.73 Å². The van der Waals surface area contributed by atoms with Crippen LogP contribution in [-0.4, -0.2) is 20.3 Å². The zero-order valence-corrected chi connectivity index (χ0v) is 12.9. The van der Waals surface area contributed by atoms with E-state index in [4.69, 9.17) is 15.2 Å². The largest absolute Gasteiger partial charge is 0.491 e. The molecular formula is C18H23NO2. The van der Waals surface area contributed by atoms with Crippen LogP contribution in [0.5, 0.6) is 5.75 Å². The predicted molar refractivity (Wildman–Crippen MR) is 85.6 cm³/mol. The number of hydrogen-bond donors (Lipinski definition) is 1. The van der Waals surface area contributed by atoms with Gasteiger partial charge in [-0.3, -0.25) is 0 Å². The standard InChI is InChI=1S/C18H23NO2/c1-14-8-4-5-9-15(14)18(2,19)16-10-6-7-11-17(16)21-13-12-20-3/h4-11H,12-13,19H2,1-3H3. The Labute approximate surface area is 126 Å². The Balaban J connectivity index is 2.38. The molecule has 0 aliphatic carbocycles. The molecule has 2 aromatic carbocycles. The van der Waals surface area contributed by atoms with E-state index >= 15 is 0 Å². The van der Waals surface area contributed by atoms with Gasteiger partial charge in [-0.1, -0.05) is 42.5 Å². The maximum Gasteiger partial charge on any atom is 0.124 e. The molecule has 0 saturated heterocycles. The molecule has 2 rings (SSSR count). The van der Waals surface area contributed by atoms with Gasteiger partial charge in [0.2, 0.25) is 0 Å². The minimum absolute atomic E-state index is 0.511. The van der Waals surface area contributed by atoms with Gasteiger partial charge in [0, 0.05) is 12.7 Å². The van der Waals surface area contributed by atoms with Gasteiger partial charge in [0.1, 0.15) is 12.4 Å². The Bertz CT molecular complexity index is 593. The van der Waals surface area contributed by atoms with Crippen molar-refractivity contribution in [3.05, 3.63) is 65.2 Å². The second kappa shape index (κ2) is 6.74. The molecule has 0 aromatic heterocycles. The number of hydrogen-bond acceptors (Lipinski definition) is 3. The maximum atomic E-state index is 6.65. The molecule has 1 unspecified atom stereocenters. The minimum Gasteiger partial charge on any atom is -0.491 e. The van der Waals surface area contributed by atoms with E-state index < -0.39 is 5.54 Å². The quantitative estimate of drug-likeness (QED) is 0.829. The average Bonchev–Trinajstić information content (AvgIpc) is 2.48. The van der Waals surface area contributed by atoms with Crippen LogP contribution >= 0.6 is 0 Å². The van der Waals surface area contributed by atoms with E-state index in [0.29, 0.717) is 13.2 Å². The molecule has 0 bridgehead atoms. The summed E-state index contributed by atoms with van der Waals surface area (Å²) in [6.07, 6.45) is 0. The number of para-hydroxylation sites is 1. The molecule has 2 N–H and O–H groups in total. The highest BCUT2D eigenvalue weighted by Gasteiger charge is 2.28. The Hall–Kier alpha value is -1.84. The number of rotatable bonds is 6. The van der Waals surface area contributed by atoms with Crippen LogP contribution in [-0.2, 0) is 10.3 Å². The van der Waals surface area contributed by atoms with Gasteiger partial charge in [-0.2, -0.15) is 0 Å². The highest BCUT2D eigenvalue weighted by atomic mass is 16.5. The Kier molecular flexibility index (Phi) is 4.99. The third kappa shape index (κ3) is 3.43. The summed E-state index contributed by atoms with van der Waals surface area (Å²) >= 11 is 0. The van der Waals surface area contributed by atoms with Crippen molar-refractivity contribution in [3.8, 4) is 5.75 Å². The summed E-state index contributed by atoms with van der Waals surface area (Å²) < 4.78 is 10.9. The van der Waals surface area contributed by atoms with Crippen molar-refractivity contribution >= 4 is 0 Å². The molecule has 112 valence electrons. The fourth-order valence-corrected chi connectivity index (χ4v) is 2.56. The maximum absolute atomic E-state index is 6.65. The van der Waals surface area contributed by atoms with Crippen molar-refractivity contribution in [1.82, 2.24) is 0 Å². The van der Waals surface area contributed by atoms with Crippen molar-refractivity contribution in [2.75, 3.05) is 20.3 Å². The molecule has 0 spiro atoms. The molecule has 0 aliphatic heterocycles. The molecule has 0 radical (unpaired) electrons. The highest BCUT2D eigenvalue weighted by molar-refractivity contribution is 5.47. The summed E-state index contributed by atoms with van der Waals surface area (Å²) in [4.78, 5) is 0. The lowest BCUT2D eigenvalue weighted by Gasteiger charge is -2.29. The third-order valence-electron chi connectivity index (χ3n) is 3.70. The second-order valence-corrected chi connectivity index (χ2v) is 5.35. The SMILES string of the molecule is COCCOc1ccccc1C(C)(N)c1ccccc1C.